The van der Waals surface area contributed by atoms with Crippen LogP contribution in [0.5, 0.6) is 5.75 Å². The van der Waals surface area contributed by atoms with Gasteiger partial charge in [-0.25, -0.2) is 9.86 Å². The maximum atomic E-state index is 10.8. The van der Waals surface area contributed by atoms with Gasteiger partial charge in [0.05, 0.1) is 6.04 Å². The van der Waals surface area contributed by atoms with Crippen LogP contribution in [0, 0.1) is 0 Å². The van der Waals surface area contributed by atoms with Crippen LogP contribution in [0.1, 0.15) is 19.3 Å². The zero-order valence-corrected chi connectivity index (χ0v) is 9.45. The Kier molecular flexibility index (Phi) is 3.49. The summed E-state index contributed by atoms with van der Waals surface area (Å²) in [7, 11) is 0. The van der Waals surface area contributed by atoms with E-state index in [1.165, 1.54) is 0 Å². The zero-order valence-electron chi connectivity index (χ0n) is 9.45. The summed E-state index contributed by atoms with van der Waals surface area (Å²) in [6.45, 7) is 0. The molecule has 17 heavy (non-hydrogen) atoms. The molecule has 0 bridgehead atoms. The number of nitrogens with two attached hydrogens (primary N) is 1. The highest BCUT2D eigenvalue weighted by molar-refractivity contribution is 5.70. The number of hydroxylamine groups is 2. The quantitative estimate of drug-likeness (QED) is 0.620. The highest BCUT2D eigenvalue weighted by atomic mass is 16.5. The maximum Gasteiger partial charge on any atom is 0.338 e. The van der Waals surface area contributed by atoms with Crippen molar-refractivity contribution in [2.45, 2.75) is 31.4 Å². The number of carbonyl (C=O) groups excluding carboxylic acids is 1. The first-order valence-corrected chi connectivity index (χ1v) is 5.66. The molecule has 0 aliphatic heterocycles. The standard InChI is InChI=1S/C12H16N2O3/c13-12(15)14(16)9-6-7-11(8-9)17-10-4-2-1-3-5-10/h1-5,9,11,16H,6-8H2,(H2,13,15)/t9-,11-/m0/s1. The Labute approximate surface area is 99.7 Å². The number of urea groups is 1. The van der Waals surface area contributed by atoms with Crippen LogP contribution in [0.25, 0.3) is 0 Å². The van der Waals surface area contributed by atoms with E-state index >= 15 is 0 Å². The third kappa shape index (κ3) is 2.88. The van der Waals surface area contributed by atoms with E-state index < -0.39 is 6.03 Å². The van der Waals surface area contributed by atoms with Gasteiger partial charge in [-0.3, -0.25) is 5.21 Å². The molecule has 5 heteroatoms. The SMILES string of the molecule is NC(=O)N(O)[C@H]1CC[C@H](Oc2ccccc2)C1. The summed E-state index contributed by atoms with van der Waals surface area (Å²) in [5.74, 6) is 0.807. The van der Waals surface area contributed by atoms with Gasteiger partial charge in [0.25, 0.3) is 0 Å². The summed E-state index contributed by atoms with van der Waals surface area (Å²) in [6, 6.07) is 8.47. The molecule has 92 valence electrons. The van der Waals surface area contributed by atoms with Gasteiger partial charge in [-0.1, -0.05) is 18.2 Å². The van der Waals surface area contributed by atoms with Gasteiger partial charge in [0.2, 0.25) is 0 Å². The van der Waals surface area contributed by atoms with Crippen LogP contribution in [0.2, 0.25) is 0 Å². The topological polar surface area (TPSA) is 75.8 Å². The average molecular weight is 236 g/mol. The highest BCUT2D eigenvalue weighted by Crippen LogP contribution is 2.27. The number of hydrogen-bond acceptors (Lipinski definition) is 3. The van der Waals surface area contributed by atoms with Crippen molar-refractivity contribution in [3.63, 3.8) is 0 Å². The molecule has 1 aromatic rings. The third-order valence-corrected chi connectivity index (χ3v) is 2.97. The fraction of sp³-hybridized carbons (Fsp3) is 0.417. The van der Waals surface area contributed by atoms with Crippen LogP contribution < -0.4 is 10.5 Å². The van der Waals surface area contributed by atoms with Crippen molar-refractivity contribution in [2.75, 3.05) is 0 Å². The molecule has 0 unspecified atom stereocenters. The fourth-order valence-corrected chi connectivity index (χ4v) is 2.12. The van der Waals surface area contributed by atoms with Gasteiger partial charge in [0.15, 0.2) is 0 Å². The molecule has 1 aromatic carbocycles. The number of para-hydroxylation sites is 1. The van der Waals surface area contributed by atoms with Crippen molar-refractivity contribution < 1.29 is 14.7 Å². The Morgan fingerprint density at radius 2 is 2.06 bits per heavy atom. The van der Waals surface area contributed by atoms with E-state index in [0.29, 0.717) is 17.9 Å². The molecule has 0 aromatic heterocycles. The zero-order chi connectivity index (χ0) is 12.3. The molecule has 0 saturated heterocycles. The molecule has 2 atom stereocenters. The molecule has 3 N–H and O–H groups in total. The largest absolute Gasteiger partial charge is 0.490 e. The van der Waals surface area contributed by atoms with Crippen molar-refractivity contribution in [1.29, 1.82) is 0 Å². The van der Waals surface area contributed by atoms with Gasteiger partial charge in [-0.2, -0.15) is 0 Å². The minimum Gasteiger partial charge on any atom is -0.490 e. The fourth-order valence-electron chi connectivity index (χ4n) is 2.12. The van der Waals surface area contributed by atoms with Crippen LogP contribution >= 0.6 is 0 Å². The normalized spacial score (nSPS) is 23.4. The minimum atomic E-state index is -0.810. The Morgan fingerprint density at radius 1 is 1.35 bits per heavy atom. The summed E-state index contributed by atoms with van der Waals surface area (Å²) in [5, 5.41) is 10.0. The molecule has 0 spiro atoms. The second-order valence-electron chi connectivity index (χ2n) is 4.20. The lowest BCUT2D eigenvalue weighted by Crippen LogP contribution is -2.40. The number of amides is 2. The Hall–Kier alpha value is -1.75. The lowest BCUT2D eigenvalue weighted by Gasteiger charge is -2.20. The number of hydrogen-bond donors (Lipinski definition) is 2. The van der Waals surface area contributed by atoms with Crippen molar-refractivity contribution in [3.8, 4) is 5.75 Å². The lowest BCUT2D eigenvalue weighted by molar-refractivity contribution is -0.0746. The first-order chi connectivity index (χ1) is 8.16. The van der Waals surface area contributed by atoms with E-state index in [2.05, 4.69) is 0 Å². The minimum absolute atomic E-state index is 0.0244. The van der Waals surface area contributed by atoms with E-state index in [0.717, 1.165) is 12.2 Å². The molecular formula is C12H16N2O3. The van der Waals surface area contributed by atoms with E-state index in [1.54, 1.807) is 0 Å². The molecular weight excluding hydrogens is 220 g/mol. The Bertz CT molecular complexity index is 383. The van der Waals surface area contributed by atoms with E-state index in [-0.39, 0.29) is 12.1 Å². The number of ether oxygens (including phenoxy) is 1. The second-order valence-corrected chi connectivity index (χ2v) is 4.20. The van der Waals surface area contributed by atoms with E-state index in [4.69, 9.17) is 10.5 Å². The van der Waals surface area contributed by atoms with Crippen LogP contribution in [0.15, 0.2) is 30.3 Å². The van der Waals surface area contributed by atoms with Gasteiger partial charge < -0.3 is 10.5 Å². The first-order valence-electron chi connectivity index (χ1n) is 5.66. The summed E-state index contributed by atoms with van der Waals surface area (Å²) in [4.78, 5) is 10.8. The highest BCUT2D eigenvalue weighted by Gasteiger charge is 2.31. The van der Waals surface area contributed by atoms with Gasteiger partial charge >= 0.3 is 6.03 Å². The number of benzene rings is 1. The van der Waals surface area contributed by atoms with Crippen molar-refractivity contribution >= 4 is 6.03 Å². The van der Waals surface area contributed by atoms with Gasteiger partial charge in [0.1, 0.15) is 11.9 Å². The van der Waals surface area contributed by atoms with Crippen molar-refractivity contribution in [2.24, 2.45) is 5.73 Å². The van der Waals surface area contributed by atoms with Crippen molar-refractivity contribution in [1.82, 2.24) is 5.06 Å². The van der Waals surface area contributed by atoms with Crippen molar-refractivity contribution in [3.05, 3.63) is 30.3 Å². The maximum absolute atomic E-state index is 10.8. The Balaban J connectivity index is 1.88. The summed E-state index contributed by atoms with van der Waals surface area (Å²) in [5.41, 5.74) is 5.01. The summed E-state index contributed by atoms with van der Waals surface area (Å²) in [6.07, 6.45) is 2.14. The molecule has 1 aliphatic carbocycles. The monoisotopic (exact) mass is 236 g/mol. The number of rotatable bonds is 3. The number of nitrogens with zero attached hydrogens (tertiary/aromatic N) is 1. The molecule has 1 aliphatic rings. The smallest absolute Gasteiger partial charge is 0.338 e. The lowest BCUT2D eigenvalue weighted by atomic mass is 10.2. The molecule has 2 amide bonds. The third-order valence-electron chi connectivity index (χ3n) is 2.97. The van der Waals surface area contributed by atoms with Crippen LogP contribution in [-0.4, -0.2) is 28.4 Å². The van der Waals surface area contributed by atoms with Gasteiger partial charge in [0, 0.05) is 6.42 Å². The molecule has 1 saturated carbocycles. The number of primary amides is 1. The van der Waals surface area contributed by atoms with Crippen LogP contribution in [-0.2, 0) is 0 Å². The first kappa shape index (κ1) is 11.7. The molecule has 2 rings (SSSR count). The predicted molar refractivity (Wildman–Crippen MR) is 61.7 cm³/mol. The van der Waals surface area contributed by atoms with Crippen LogP contribution in [0.4, 0.5) is 4.79 Å². The summed E-state index contributed by atoms with van der Waals surface area (Å²) < 4.78 is 5.75. The second kappa shape index (κ2) is 5.05. The van der Waals surface area contributed by atoms with E-state index in [9.17, 15) is 10.0 Å². The van der Waals surface area contributed by atoms with Gasteiger partial charge in [-0.05, 0) is 25.0 Å². The molecule has 1 fully saturated rings. The molecule has 0 heterocycles. The molecule has 0 radical (unpaired) electrons. The Morgan fingerprint density at radius 3 is 2.71 bits per heavy atom. The number of carbonyl (C=O) groups is 1. The van der Waals surface area contributed by atoms with E-state index in [1.807, 2.05) is 30.3 Å². The average Bonchev–Trinajstić information content (AvgIpc) is 2.77. The summed E-state index contributed by atoms with van der Waals surface area (Å²) >= 11 is 0. The van der Waals surface area contributed by atoms with Gasteiger partial charge in [-0.15, -0.1) is 0 Å². The van der Waals surface area contributed by atoms with Crippen LogP contribution in [0.3, 0.4) is 0 Å². The molecule has 5 nitrogen and oxygen atoms in total. The predicted octanol–water partition coefficient (Wildman–Crippen LogP) is 1.76.